The predicted octanol–water partition coefficient (Wildman–Crippen LogP) is 4.06. The summed E-state index contributed by atoms with van der Waals surface area (Å²) in [5, 5.41) is 3.24. The van der Waals surface area contributed by atoms with E-state index in [1.807, 2.05) is 12.1 Å². The molecule has 0 radical (unpaired) electrons. The maximum absolute atomic E-state index is 12.9. The number of hydrogen-bond donors (Lipinski definition) is 2. The van der Waals surface area contributed by atoms with Crippen LogP contribution in [0.3, 0.4) is 0 Å². The van der Waals surface area contributed by atoms with Crippen LogP contribution in [0.2, 0.25) is 5.02 Å². The monoisotopic (exact) mass is 553 g/mol. The molecule has 0 aliphatic carbocycles. The Kier molecular flexibility index (Phi) is 10.6. The van der Waals surface area contributed by atoms with Crippen LogP contribution in [-0.2, 0) is 20.9 Å². The Hall–Kier alpha value is -4.64. The van der Waals surface area contributed by atoms with Gasteiger partial charge in [0.15, 0.2) is 0 Å². The molecule has 0 atom stereocenters. The molecule has 1 heterocycles. The maximum Gasteiger partial charge on any atom is 0.330 e. The number of ether oxygens (including phenoxy) is 2. The van der Waals surface area contributed by atoms with Crippen molar-refractivity contribution in [3.63, 3.8) is 0 Å². The second kappa shape index (κ2) is 14.3. The van der Waals surface area contributed by atoms with Crippen molar-refractivity contribution in [1.82, 2.24) is 20.1 Å². The zero-order chi connectivity index (χ0) is 28.2. The van der Waals surface area contributed by atoms with Crippen molar-refractivity contribution >= 4 is 41.7 Å². The Morgan fingerprint density at radius 3 is 2.44 bits per heavy atom. The summed E-state index contributed by atoms with van der Waals surface area (Å²) in [6, 6.07) is 16.0. The number of hydrogen-bond acceptors (Lipinski definition) is 7. The van der Waals surface area contributed by atoms with E-state index >= 15 is 0 Å². The molecule has 0 aliphatic heterocycles. The fraction of sp³-hybridized carbons (Fsp3) is 0.222. The van der Waals surface area contributed by atoms with Gasteiger partial charge in [0.25, 0.3) is 5.56 Å². The Morgan fingerprint density at radius 1 is 1.08 bits per heavy atom. The van der Waals surface area contributed by atoms with Crippen molar-refractivity contribution in [3.8, 4) is 11.5 Å². The molecule has 3 aromatic rings. The number of aliphatic imine (C=N–C) groups is 1. The Morgan fingerprint density at radius 2 is 1.79 bits per heavy atom. The number of H-pyrrole nitrogens is 1. The highest BCUT2D eigenvalue weighted by atomic mass is 35.5. The summed E-state index contributed by atoms with van der Waals surface area (Å²) in [5.41, 5.74) is 1.10. The van der Waals surface area contributed by atoms with Gasteiger partial charge in [-0.25, -0.2) is 9.79 Å². The number of nitrogens with zero attached hydrogens (tertiary/aromatic N) is 3. The highest BCUT2D eigenvalue weighted by molar-refractivity contribution is 6.30. The van der Waals surface area contributed by atoms with Gasteiger partial charge in [-0.05, 0) is 55.0 Å². The fourth-order valence-electron chi connectivity index (χ4n) is 3.30. The standard InChI is InChI=1S/C27H28ClN5O6/c1-3-38-25(36)13-15-33(18-34)27(37)31-26(32(2)17-19-4-6-20(28)7-5-19)30-21-8-10-22(11-9-21)39-23-12-14-29-24(35)16-23/h4-12,14,16,18H,3,13,15,17H2,1-2H3,(H,29,35)(H,30,31,37). The molecular weight excluding hydrogens is 526 g/mol. The van der Waals surface area contributed by atoms with E-state index in [1.54, 1.807) is 61.3 Å². The van der Waals surface area contributed by atoms with Crippen LogP contribution in [0.25, 0.3) is 0 Å². The summed E-state index contributed by atoms with van der Waals surface area (Å²) in [7, 11) is 1.72. The summed E-state index contributed by atoms with van der Waals surface area (Å²) in [6.45, 7) is 2.08. The number of halogens is 1. The van der Waals surface area contributed by atoms with Crippen LogP contribution in [0.5, 0.6) is 11.5 Å². The van der Waals surface area contributed by atoms with Crippen LogP contribution in [-0.4, -0.2) is 59.4 Å². The fourth-order valence-corrected chi connectivity index (χ4v) is 3.42. The Balaban J connectivity index is 1.80. The lowest BCUT2D eigenvalue weighted by atomic mass is 10.2. The molecular formula is C27H28ClN5O6. The molecule has 204 valence electrons. The molecule has 0 fully saturated rings. The Labute approximate surface area is 230 Å². The molecule has 3 amide bonds. The van der Waals surface area contributed by atoms with Crippen molar-refractivity contribution in [3.05, 3.63) is 87.8 Å². The number of benzene rings is 2. The number of guanidine groups is 1. The first-order chi connectivity index (χ1) is 18.8. The van der Waals surface area contributed by atoms with Crippen LogP contribution < -0.4 is 15.6 Å². The quantitative estimate of drug-likeness (QED) is 0.167. The summed E-state index contributed by atoms with van der Waals surface area (Å²) in [4.78, 5) is 57.2. The van der Waals surface area contributed by atoms with Crippen molar-refractivity contribution in [2.75, 3.05) is 20.2 Å². The summed E-state index contributed by atoms with van der Waals surface area (Å²) < 4.78 is 10.5. The normalized spacial score (nSPS) is 10.9. The van der Waals surface area contributed by atoms with Crippen LogP contribution in [0, 0.1) is 0 Å². The molecule has 0 unspecified atom stereocenters. The van der Waals surface area contributed by atoms with E-state index in [2.05, 4.69) is 15.3 Å². The largest absolute Gasteiger partial charge is 0.466 e. The molecule has 39 heavy (non-hydrogen) atoms. The first kappa shape index (κ1) is 28.9. The van der Waals surface area contributed by atoms with Crippen LogP contribution >= 0.6 is 11.6 Å². The van der Waals surface area contributed by atoms with Gasteiger partial charge < -0.3 is 19.4 Å². The lowest BCUT2D eigenvalue weighted by molar-refractivity contribution is -0.143. The smallest absolute Gasteiger partial charge is 0.330 e. The topological polar surface area (TPSA) is 133 Å². The molecule has 0 saturated heterocycles. The SMILES string of the molecule is CCOC(=O)CCN(C=O)C(=O)NC(=Nc1ccc(Oc2cc[nH]c(=O)c2)cc1)N(C)Cc1ccc(Cl)cc1. The zero-order valence-electron chi connectivity index (χ0n) is 21.4. The number of aromatic amines is 1. The van der Waals surface area contributed by atoms with Gasteiger partial charge >= 0.3 is 12.0 Å². The number of carbonyl (C=O) groups excluding carboxylic acids is 3. The number of rotatable bonds is 10. The number of nitrogens with one attached hydrogen (secondary N) is 2. The van der Waals surface area contributed by atoms with E-state index < -0.39 is 12.0 Å². The van der Waals surface area contributed by atoms with E-state index in [0.717, 1.165) is 10.5 Å². The molecule has 1 aromatic heterocycles. The molecule has 11 nitrogen and oxygen atoms in total. The van der Waals surface area contributed by atoms with Crippen LogP contribution in [0.4, 0.5) is 10.5 Å². The third kappa shape index (κ3) is 9.31. The van der Waals surface area contributed by atoms with Crippen molar-refractivity contribution < 1.29 is 23.9 Å². The van der Waals surface area contributed by atoms with Crippen molar-refractivity contribution in [1.29, 1.82) is 0 Å². The summed E-state index contributed by atoms with van der Waals surface area (Å²) in [5.74, 6) is 0.489. The number of pyridine rings is 1. The van der Waals surface area contributed by atoms with E-state index in [9.17, 15) is 19.2 Å². The van der Waals surface area contributed by atoms with Gasteiger partial charge in [-0.3, -0.25) is 24.6 Å². The second-order valence-electron chi connectivity index (χ2n) is 8.19. The minimum Gasteiger partial charge on any atom is -0.466 e. The van der Waals surface area contributed by atoms with Crippen LogP contribution in [0.15, 0.2) is 76.6 Å². The minimum absolute atomic E-state index is 0.137. The highest BCUT2D eigenvalue weighted by Gasteiger charge is 2.19. The van der Waals surface area contributed by atoms with Gasteiger partial charge in [-0.1, -0.05) is 23.7 Å². The maximum atomic E-state index is 12.9. The number of esters is 1. The molecule has 0 spiro atoms. The van der Waals surface area contributed by atoms with Gasteiger partial charge in [0, 0.05) is 37.4 Å². The lowest BCUT2D eigenvalue weighted by Crippen LogP contribution is -2.48. The van der Waals surface area contributed by atoms with Gasteiger partial charge in [-0.2, -0.15) is 0 Å². The van der Waals surface area contributed by atoms with E-state index in [4.69, 9.17) is 21.1 Å². The molecule has 0 saturated carbocycles. The zero-order valence-corrected chi connectivity index (χ0v) is 22.2. The van der Waals surface area contributed by atoms with E-state index in [1.165, 1.54) is 12.3 Å². The van der Waals surface area contributed by atoms with E-state index in [0.29, 0.717) is 35.2 Å². The summed E-state index contributed by atoms with van der Waals surface area (Å²) >= 11 is 5.99. The summed E-state index contributed by atoms with van der Waals surface area (Å²) in [6.07, 6.45) is 1.69. The molecule has 0 bridgehead atoms. The first-order valence-corrected chi connectivity index (χ1v) is 12.3. The third-order valence-corrected chi connectivity index (χ3v) is 5.47. The Bertz CT molecular complexity index is 1360. The van der Waals surface area contributed by atoms with Crippen molar-refractivity contribution in [2.45, 2.75) is 19.9 Å². The highest BCUT2D eigenvalue weighted by Crippen LogP contribution is 2.23. The number of amides is 3. The molecule has 0 aliphatic rings. The molecule has 2 aromatic carbocycles. The lowest BCUT2D eigenvalue weighted by Gasteiger charge is -2.24. The molecule has 12 heteroatoms. The van der Waals surface area contributed by atoms with Gasteiger partial charge in [0.2, 0.25) is 12.4 Å². The first-order valence-electron chi connectivity index (χ1n) is 12.0. The van der Waals surface area contributed by atoms with Gasteiger partial charge in [0.1, 0.15) is 11.5 Å². The third-order valence-electron chi connectivity index (χ3n) is 5.22. The van der Waals surface area contributed by atoms with Gasteiger partial charge in [0.05, 0.1) is 18.7 Å². The molecule has 2 N–H and O–H groups in total. The second-order valence-corrected chi connectivity index (χ2v) is 8.62. The van der Waals surface area contributed by atoms with Gasteiger partial charge in [-0.15, -0.1) is 0 Å². The average Bonchev–Trinajstić information content (AvgIpc) is 2.91. The predicted molar refractivity (Wildman–Crippen MR) is 146 cm³/mol. The minimum atomic E-state index is -0.759. The average molecular weight is 554 g/mol. The molecule has 3 rings (SSSR count). The number of urea groups is 1. The number of aromatic nitrogens is 1. The van der Waals surface area contributed by atoms with E-state index in [-0.39, 0.29) is 31.1 Å². The number of imide groups is 1. The van der Waals surface area contributed by atoms with Crippen molar-refractivity contribution in [2.24, 2.45) is 4.99 Å². The number of carbonyl (C=O) groups is 3. The van der Waals surface area contributed by atoms with Crippen LogP contribution in [0.1, 0.15) is 18.9 Å².